The molecule has 0 radical (unpaired) electrons. The van der Waals surface area contributed by atoms with E-state index in [0.717, 1.165) is 6.42 Å². The Hall–Kier alpha value is -0.820. The average molecular weight is 191 g/mol. The first-order chi connectivity index (χ1) is 6.66. The van der Waals surface area contributed by atoms with Crippen LogP contribution in [0.25, 0.3) is 0 Å². The molecule has 0 heterocycles. The fraction of sp³-hybridized carbons (Fsp3) is 0.538. The van der Waals surface area contributed by atoms with Crippen molar-refractivity contribution in [1.29, 1.82) is 0 Å². The van der Waals surface area contributed by atoms with Crippen molar-refractivity contribution in [3.8, 4) is 0 Å². The molecule has 14 heavy (non-hydrogen) atoms. The van der Waals surface area contributed by atoms with Crippen molar-refractivity contribution < 1.29 is 0 Å². The van der Waals surface area contributed by atoms with Crippen molar-refractivity contribution >= 4 is 0 Å². The minimum Gasteiger partial charge on any atom is -0.324 e. The lowest BCUT2D eigenvalue weighted by molar-refractivity contribution is 0.598. The Morgan fingerprint density at radius 1 is 1.21 bits per heavy atom. The second kappa shape index (κ2) is 5.16. The lowest BCUT2D eigenvalue weighted by atomic mass is 9.93. The summed E-state index contributed by atoms with van der Waals surface area (Å²) in [6, 6.07) is 6.61. The van der Waals surface area contributed by atoms with E-state index in [-0.39, 0.29) is 6.04 Å². The van der Waals surface area contributed by atoms with Crippen LogP contribution in [0.15, 0.2) is 18.2 Å². The van der Waals surface area contributed by atoms with Crippen molar-refractivity contribution in [2.75, 3.05) is 0 Å². The molecule has 0 aliphatic heterocycles. The van der Waals surface area contributed by atoms with Crippen LogP contribution in [0, 0.1) is 13.8 Å². The molecule has 1 rings (SSSR count). The van der Waals surface area contributed by atoms with E-state index in [0.29, 0.717) is 0 Å². The van der Waals surface area contributed by atoms with Gasteiger partial charge < -0.3 is 5.73 Å². The summed E-state index contributed by atoms with van der Waals surface area (Å²) in [7, 11) is 0. The molecule has 0 bridgehead atoms. The minimum atomic E-state index is 0.219. The third-order valence-electron chi connectivity index (χ3n) is 2.78. The van der Waals surface area contributed by atoms with Gasteiger partial charge in [0.05, 0.1) is 0 Å². The van der Waals surface area contributed by atoms with Crippen LogP contribution in [0.4, 0.5) is 0 Å². The van der Waals surface area contributed by atoms with Crippen LogP contribution in [0.1, 0.15) is 48.9 Å². The number of aryl methyl sites for hydroxylation is 2. The molecule has 2 N–H and O–H groups in total. The minimum absolute atomic E-state index is 0.219. The third-order valence-corrected chi connectivity index (χ3v) is 2.78. The van der Waals surface area contributed by atoms with Crippen LogP contribution in [-0.4, -0.2) is 0 Å². The first kappa shape index (κ1) is 11.3. The highest BCUT2D eigenvalue weighted by Gasteiger charge is 2.10. The predicted molar refractivity (Wildman–Crippen MR) is 62.4 cm³/mol. The summed E-state index contributed by atoms with van der Waals surface area (Å²) < 4.78 is 0. The standard InChI is InChI=1S/C13H21N/c1-4-5-9-12(14)13-10(2)7-6-8-11(13)3/h6-8,12H,4-5,9,14H2,1-3H3/t12-/m1/s1. The summed E-state index contributed by atoms with van der Waals surface area (Å²) in [5, 5.41) is 0. The molecule has 0 saturated carbocycles. The Kier molecular flexibility index (Phi) is 4.15. The maximum Gasteiger partial charge on any atom is 0.0300 e. The molecule has 0 saturated heterocycles. The largest absolute Gasteiger partial charge is 0.324 e. The summed E-state index contributed by atoms with van der Waals surface area (Å²) in [5.41, 5.74) is 10.2. The van der Waals surface area contributed by atoms with Gasteiger partial charge in [-0.2, -0.15) is 0 Å². The van der Waals surface area contributed by atoms with Crippen LogP contribution in [0.2, 0.25) is 0 Å². The van der Waals surface area contributed by atoms with Crippen molar-refractivity contribution in [3.05, 3.63) is 34.9 Å². The number of rotatable bonds is 4. The van der Waals surface area contributed by atoms with E-state index >= 15 is 0 Å². The zero-order valence-corrected chi connectivity index (χ0v) is 9.51. The molecule has 1 atom stereocenters. The Balaban J connectivity index is 2.82. The highest BCUT2D eigenvalue weighted by Crippen LogP contribution is 2.23. The molecular formula is C13H21N. The van der Waals surface area contributed by atoms with Gasteiger partial charge in [-0.15, -0.1) is 0 Å². The van der Waals surface area contributed by atoms with E-state index in [2.05, 4.69) is 39.0 Å². The highest BCUT2D eigenvalue weighted by molar-refractivity contribution is 5.35. The monoisotopic (exact) mass is 191 g/mol. The zero-order chi connectivity index (χ0) is 10.6. The molecule has 0 spiro atoms. The SMILES string of the molecule is CCCC[C@@H](N)c1c(C)cccc1C. The van der Waals surface area contributed by atoms with Gasteiger partial charge in [-0.1, -0.05) is 38.0 Å². The molecule has 0 unspecified atom stereocenters. The van der Waals surface area contributed by atoms with E-state index in [1.54, 1.807) is 0 Å². The second-order valence-electron chi connectivity index (χ2n) is 4.05. The fourth-order valence-corrected chi connectivity index (χ4v) is 1.98. The molecule has 0 aliphatic rings. The molecule has 0 aromatic heterocycles. The number of benzene rings is 1. The van der Waals surface area contributed by atoms with Crippen LogP contribution < -0.4 is 5.73 Å². The summed E-state index contributed by atoms with van der Waals surface area (Å²) in [6.45, 7) is 6.50. The Morgan fingerprint density at radius 2 is 1.79 bits per heavy atom. The molecule has 0 aliphatic carbocycles. The number of hydrogen-bond acceptors (Lipinski definition) is 1. The van der Waals surface area contributed by atoms with E-state index < -0.39 is 0 Å². The van der Waals surface area contributed by atoms with Gasteiger partial charge in [0.15, 0.2) is 0 Å². The van der Waals surface area contributed by atoms with Gasteiger partial charge in [-0.05, 0) is 37.0 Å². The van der Waals surface area contributed by atoms with Gasteiger partial charge in [0.1, 0.15) is 0 Å². The summed E-state index contributed by atoms with van der Waals surface area (Å²) >= 11 is 0. The lowest BCUT2D eigenvalue weighted by Gasteiger charge is -2.17. The van der Waals surface area contributed by atoms with E-state index in [1.807, 2.05) is 0 Å². The van der Waals surface area contributed by atoms with Crippen LogP contribution in [0.5, 0.6) is 0 Å². The van der Waals surface area contributed by atoms with E-state index in [1.165, 1.54) is 29.5 Å². The van der Waals surface area contributed by atoms with Gasteiger partial charge in [-0.25, -0.2) is 0 Å². The van der Waals surface area contributed by atoms with Crippen LogP contribution >= 0.6 is 0 Å². The van der Waals surface area contributed by atoms with Crippen molar-refractivity contribution in [1.82, 2.24) is 0 Å². The maximum absolute atomic E-state index is 6.18. The molecule has 0 amide bonds. The van der Waals surface area contributed by atoms with Crippen molar-refractivity contribution in [2.45, 2.75) is 46.1 Å². The molecule has 1 heteroatoms. The quantitative estimate of drug-likeness (QED) is 0.774. The number of hydrogen-bond donors (Lipinski definition) is 1. The van der Waals surface area contributed by atoms with E-state index in [9.17, 15) is 0 Å². The van der Waals surface area contributed by atoms with Crippen LogP contribution in [-0.2, 0) is 0 Å². The Morgan fingerprint density at radius 3 is 2.29 bits per heavy atom. The molecule has 1 nitrogen and oxygen atoms in total. The first-order valence-corrected chi connectivity index (χ1v) is 5.48. The second-order valence-corrected chi connectivity index (χ2v) is 4.05. The van der Waals surface area contributed by atoms with Gasteiger partial charge in [0, 0.05) is 6.04 Å². The molecule has 78 valence electrons. The third kappa shape index (κ3) is 2.58. The van der Waals surface area contributed by atoms with Gasteiger partial charge in [-0.3, -0.25) is 0 Å². The van der Waals surface area contributed by atoms with Crippen molar-refractivity contribution in [3.63, 3.8) is 0 Å². The highest BCUT2D eigenvalue weighted by atomic mass is 14.6. The van der Waals surface area contributed by atoms with Gasteiger partial charge >= 0.3 is 0 Å². The van der Waals surface area contributed by atoms with Gasteiger partial charge in [0.2, 0.25) is 0 Å². The number of unbranched alkanes of at least 4 members (excludes halogenated alkanes) is 1. The van der Waals surface area contributed by atoms with Crippen LogP contribution in [0.3, 0.4) is 0 Å². The van der Waals surface area contributed by atoms with Gasteiger partial charge in [0.25, 0.3) is 0 Å². The fourth-order valence-electron chi connectivity index (χ4n) is 1.98. The summed E-state index contributed by atoms with van der Waals surface area (Å²) in [5.74, 6) is 0. The lowest BCUT2D eigenvalue weighted by Crippen LogP contribution is -2.13. The average Bonchev–Trinajstić information content (AvgIpc) is 2.14. The molecule has 1 aromatic rings. The molecular weight excluding hydrogens is 170 g/mol. The normalized spacial score (nSPS) is 12.9. The first-order valence-electron chi connectivity index (χ1n) is 5.48. The zero-order valence-electron chi connectivity index (χ0n) is 9.51. The predicted octanol–water partition coefficient (Wildman–Crippen LogP) is 3.49. The van der Waals surface area contributed by atoms with Crippen molar-refractivity contribution in [2.24, 2.45) is 5.73 Å². The summed E-state index contributed by atoms with van der Waals surface area (Å²) in [4.78, 5) is 0. The smallest absolute Gasteiger partial charge is 0.0300 e. The van der Waals surface area contributed by atoms with E-state index in [4.69, 9.17) is 5.73 Å². The Bertz CT molecular complexity index is 271. The molecule has 0 fully saturated rings. The summed E-state index contributed by atoms with van der Waals surface area (Å²) in [6.07, 6.45) is 3.54. The Labute approximate surface area is 87.3 Å². The molecule has 1 aromatic carbocycles. The topological polar surface area (TPSA) is 26.0 Å². The number of nitrogens with two attached hydrogens (primary N) is 1. The maximum atomic E-state index is 6.18.